The van der Waals surface area contributed by atoms with Crippen molar-refractivity contribution in [2.24, 2.45) is 11.0 Å². The van der Waals surface area contributed by atoms with Crippen molar-refractivity contribution in [3.05, 3.63) is 98.4 Å². The molecule has 1 amide bonds. The first-order valence-corrected chi connectivity index (χ1v) is 12.7. The number of likely N-dealkylation sites (tertiary alicyclic amines) is 1. The lowest BCUT2D eigenvalue weighted by atomic mass is 9.83. The molecule has 2 bridgehead atoms. The van der Waals surface area contributed by atoms with Gasteiger partial charge in [-0.3, -0.25) is 14.5 Å². The van der Waals surface area contributed by atoms with E-state index in [2.05, 4.69) is 27.6 Å². The number of hydrogen-bond donors (Lipinski definition) is 1. The molecule has 8 heteroatoms. The molecule has 7 nitrogen and oxygen atoms in total. The average molecular weight is 505 g/mol. The first-order valence-electron chi connectivity index (χ1n) is 12.3. The van der Waals surface area contributed by atoms with Gasteiger partial charge in [0, 0.05) is 49.4 Å². The van der Waals surface area contributed by atoms with Crippen LogP contribution in [0.4, 0.5) is 0 Å². The number of ether oxygens (including phenoxy) is 1. The van der Waals surface area contributed by atoms with Crippen molar-refractivity contribution in [1.82, 2.24) is 14.9 Å². The maximum absolute atomic E-state index is 12.4. The van der Waals surface area contributed by atoms with Crippen LogP contribution in [0.15, 0.2) is 70.6 Å². The van der Waals surface area contributed by atoms with Crippen LogP contribution in [0.5, 0.6) is 5.75 Å². The van der Waals surface area contributed by atoms with Crippen molar-refractivity contribution >= 4 is 23.7 Å². The highest BCUT2D eigenvalue weighted by Crippen LogP contribution is 2.36. The van der Waals surface area contributed by atoms with Gasteiger partial charge in [0.15, 0.2) is 0 Å². The van der Waals surface area contributed by atoms with Crippen LogP contribution >= 0.6 is 11.6 Å². The van der Waals surface area contributed by atoms with Gasteiger partial charge in [0.2, 0.25) is 0 Å². The quantitative estimate of drug-likeness (QED) is 0.385. The van der Waals surface area contributed by atoms with Crippen LogP contribution in [0.25, 0.3) is 0 Å². The molecular formula is C28H29ClN4O3. The third-order valence-electron chi connectivity index (χ3n) is 6.83. The molecule has 1 saturated heterocycles. The van der Waals surface area contributed by atoms with Gasteiger partial charge in [0.1, 0.15) is 5.75 Å². The fourth-order valence-electron chi connectivity index (χ4n) is 5.34. The Labute approximate surface area is 215 Å². The highest BCUT2D eigenvalue weighted by Gasteiger charge is 2.34. The summed E-state index contributed by atoms with van der Waals surface area (Å²) in [6.45, 7) is 5.91. The van der Waals surface area contributed by atoms with Crippen LogP contribution in [0, 0.1) is 5.92 Å². The predicted molar refractivity (Wildman–Crippen MR) is 141 cm³/mol. The maximum Gasteiger partial charge on any atom is 0.272 e. The van der Waals surface area contributed by atoms with E-state index in [0.29, 0.717) is 29.0 Å². The van der Waals surface area contributed by atoms with E-state index in [1.165, 1.54) is 0 Å². The second-order valence-electron chi connectivity index (χ2n) is 9.37. The number of halogens is 1. The van der Waals surface area contributed by atoms with Gasteiger partial charge in [-0.25, -0.2) is 5.43 Å². The van der Waals surface area contributed by atoms with E-state index >= 15 is 0 Å². The van der Waals surface area contributed by atoms with Gasteiger partial charge in [0.05, 0.1) is 23.4 Å². The van der Waals surface area contributed by atoms with Gasteiger partial charge in [0.25, 0.3) is 11.5 Å². The summed E-state index contributed by atoms with van der Waals surface area (Å²) >= 11 is 6.10. The molecule has 5 rings (SSSR count). The SMILES string of the molecule is CCOc1ccc(/C=N/NC(=O)c2ccccc2Cl)cc1CN1CC2CC(C1)c1cccc(=O)n1C2. The van der Waals surface area contributed by atoms with E-state index in [4.69, 9.17) is 16.3 Å². The smallest absolute Gasteiger partial charge is 0.272 e. The number of benzene rings is 2. The number of piperidine rings is 1. The fraction of sp³-hybridized carbons (Fsp3) is 0.321. The van der Waals surface area contributed by atoms with Gasteiger partial charge < -0.3 is 9.30 Å². The van der Waals surface area contributed by atoms with Gasteiger partial charge in [-0.1, -0.05) is 29.8 Å². The number of fused-ring (bicyclic) bond motifs is 4. The van der Waals surface area contributed by atoms with Crippen molar-refractivity contribution in [3.8, 4) is 5.75 Å². The number of aromatic nitrogens is 1. The molecule has 0 spiro atoms. The van der Waals surface area contributed by atoms with Gasteiger partial charge in [-0.2, -0.15) is 5.10 Å². The molecule has 0 aliphatic carbocycles. The highest BCUT2D eigenvalue weighted by atomic mass is 35.5. The van der Waals surface area contributed by atoms with E-state index < -0.39 is 0 Å². The monoisotopic (exact) mass is 504 g/mol. The van der Waals surface area contributed by atoms with Crippen LogP contribution < -0.4 is 15.7 Å². The van der Waals surface area contributed by atoms with E-state index in [9.17, 15) is 9.59 Å². The summed E-state index contributed by atoms with van der Waals surface area (Å²) in [6.07, 6.45) is 2.75. The third-order valence-corrected chi connectivity index (χ3v) is 7.16. The molecule has 0 radical (unpaired) electrons. The second-order valence-corrected chi connectivity index (χ2v) is 9.78. The minimum absolute atomic E-state index is 0.0999. The molecule has 2 aromatic carbocycles. The van der Waals surface area contributed by atoms with Crippen LogP contribution in [0.1, 0.15) is 46.4 Å². The number of nitrogens with one attached hydrogen (secondary N) is 1. The second kappa shape index (κ2) is 10.7. The Bertz CT molecular complexity index is 1350. The Morgan fingerprint density at radius 3 is 2.83 bits per heavy atom. The first-order chi connectivity index (χ1) is 17.5. The lowest BCUT2D eigenvalue weighted by Gasteiger charge is -2.43. The van der Waals surface area contributed by atoms with Crippen LogP contribution in [-0.4, -0.2) is 41.3 Å². The Morgan fingerprint density at radius 1 is 1.14 bits per heavy atom. The number of carbonyl (C=O) groups excluding carboxylic acids is 1. The van der Waals surface area contributed by atoms with E-state index in [1.807, 2.05) is 29.7 Å². The zero-order valence-corrected chi connectivity index (χ0v) is 20.9. The van der Waals surface area contributed by atoms with E-state index in [-0.39, 0.29) is 11.5 Å². The number of hydrogen-bond acceptors (Lipinski definition) is 5. The van der Waals surface area contributed by atoms with Crippen molar-refractivity contribution in [1.29, 1.82) is 0 Å². The van der Waals surface area contributed by atoms with E-state index in [1.54, 1.807) is 36.5 Å². The van der Waals surface area contributed by atoms with Crippen molar-refractivity contribution in [2.45, 2.75) is 32.4 Å². The summed E-state index contributed by atoms with van der Waals surface area (Å²) in [7, 11) is 0. The zero-order chi connectivity index (χ0) is 25.1. The molecule has 0 saturated carbocycles. The molecule has 3 aromatic rings. The Morgan fingerprint density at radius 2 is 2.00 bits per heavy atom. The minimum Gasteiger partial charge on any atom is -0.494 e. The molecule has 2 unspecified atom stereocenters. The highest BCUT2D eigenvalue weighted by molar-refractivity contribution is 6.33. The number of nitrogens with zero attached hydrogens (tertiary/aromatic N) is 3. The van der Waals surface area contributed by atoms with Crippen LogP contribution in [-0.2, 0) is 13.1 Å². The predicted octanol–water partition coefficient (Wildman–Crippen LogP) is 4.28. The molecule has 3 heterocycles. The molecular weight excluding hydrogens is 476 g/mol. The summed E-state index contributed by atoms with van der Waals surface area (Å²) in [6, 6.07) is 18.4. The summed E-state index contributed by atoms with van der Waals surface area (Å²) in [5, 5.41) is 4.51. The number of pyridine rings is 1. The Balaban J connectivity index is 1.31. The first kappa shape index (κ1) is 24.3. The molecule has 2 aliphatic heterocycles. The molecule has 2 atom stereocenters. The average Bonchev–Trinajstić information content (AvgIpc) is 2.86. The standard InChI is InChI=1S/C28H29ClN4O3/c1-2-36-26-11-10-19(14-30-31-28(35)23-6-3-4-7-24(23)29)12-22(26)18-32-15-20-13-21(17-32)25-8-5-9-27(34)33(25)16-20/h3-12,14,20-21H,2,13,15-18H2,1H3,(H,31,35)/b30-14+. The van der Waals surface area contributed by atoms with Crippen molar-refractivity contribution in [3.63, 3.8) is 0 Å². The fourth-order valence-corrected chi connectivity index (χ4v) is 5.56. The minimum atomic E-state index is -0.359. The number of carbonyl (C=O) groups is 1. The van der Waals surface area contributed by atoms with Gasteiger partial charge in [-0.15, -0.1) is 0 Å². The topological polar surface area (TPSA) is 75.9 Å². The van der Waals surface area contributed by atoms with Crippen molar-refractivity contribution < 1.29 is 9.53 Å². The normalized spacial score (nSPS) is 19.2. The lowest BCUT2D eigenvalue weighted by molar-refractivity contribution is 0.0955. The molecule has 1 fully saturated rings. The van der Waals surface area contributed by atoms with Crippen LogP contribution in [0.3, 0.4) is 0 Å². The van der Waals surface area contributed by atoms with E-state index in [0.717, 1.165) is 55.2 Å². The number of amides is 1. The van der Waals surface area contributed by atoms with Gasteiger partial charge >= 0.3 is 0 Å². The van der Waals surface area contributed by atoms with Gasteiger partial charge in [-0.05, 0) is 61.2 Å². The summed E-state index contributed by atoms with van der Waals surface area (Å²) in [4.78, 5) is 27.2. The lowest BCUT2D eigenvalue weighted by Crippen LogP contribution is -2.46. The summed E-state index contributed by atoms with van der Waals surface area (Å²) < 4.78 is 7.87. The molecule has 36 heavy (non-hydrogen) atoms. The molecule has 1 aromatic heterocycles. The zero-order valence-electron chi connectivity index (χ0n) is 20.2. The number of hydrazone groups is 1. The summed E-state index contributed by atoms with van der Waals surface area (Å²) in [5.41, 5.74) is 6.10. The summed E-state index contributed by atoms with van der Waals surface area (Å²) in [5.74, 6) is 1.30. The largest absolute Gasteiger partial charge is 0.494 e. The Hall–Kier alpha value is -3.42. The van der Waals surface area contributed by atoms with Crippen LogP contribution in [0.2, 0.25) is 5.02 Å². The van der Waals surface area contributed by atoms with Crippen molar-refractivity contribution in [2.75, 3.05) is 19.7 Å². The molecule has 186 valence electrons. The third kappa shape index (κ3) is 5.22. The Kier molecular flexibility index (Phi) is 7.20. The molecule has 1 N–H and O–H groups in total. The maximum atomic E-state index is 12.4. The number of rotatable bonds is 7. The molecule has 2 aliphatic rings.